The summed E-state index contributed by atoms with van der Waals surface area (Å²) in [7, 11) is 0. The summed E-state index contributed by atoms with van der Waals surface area (Å²) in [5.41, 5.74) is 5.73. The van der Waals surface area contributed by atoms with Gasteiger partial charge in [-0.1, -0.05) is 89.4 Å². The molecule has 0 fully saturated rings. The Morgan fingerprint density at radius 2 is 1.62 bits per heavy atom. The molecular weight excluding hydrogens is 673 g/mol. The van der Waals surface area contributed by atoms with Crippen LogP contribution in [-0.2, 0) is 29.0 Å². The number of rotatable bonds is 16. The molecule has 0 heterocycles. The van der Waals surface area contributed by atoms with Gasteiger partial charge in [-0.25, -0.2) is 5.43 Å². The Bertz CT molecular complexity index is 1750. The minimum atomic E-state index is -0.961. The number of hydrogen-bond donors (Lipinski definition) is 2. The first-order valence-electron chi connectivity index (χ1n) is 15.2. The molecule has 4 rings (SSSR count). The highest BCUT2D eigenvalue weighted by atomic mass is 35.5. The number of carbonyl (C=O) groups excluding carboxylic acids is 2. The molecule has 4 aromatic carbocycles. The van der Waals surface area contributed by atoms with Crippen molar-refractivity contribution in [2.24, 2.45) is 5.10 Å². The van der Waals surface area contributed by atoms with Gasteiger partial charge in [0.2, 0.25) is 0 Å². The molecule has 0 unspecified atom stereocenters. The lowest BCUT2D eigenvalue weighted by Crippen LogP contribution is -2.50. The van der Waals surface area contributed by atoms with Crippen molar-refractivity contribution in [3.8, 4) is 17.2 Å². The van der Waals surface area contributed by atoms with E-state index in [1.54, 1.807) is 31.2 Å². The van der Waals surface area contributed by atoms with Crippen molar-refractivity contribution in [2.45, 2.75) is 45.4 Å². The van der Waals surface area contributed by atoms with Crippen molar-refractivity contribution < 1.29 is 23.8 Å². The van der Waals surface area contributed by atoms with Crippen molar-refractivity contribution in [3.05, 3.63) is 135 Å². The Kier molecular flexibility index (Phi) is 13.7. The van der Waals surface area contributed by atoms with Gasteiger partial charge in [-0.3, -0.25) is 9.59 Å². The maximum Gasteiger partial charge on any atom is 0.262 e. The van der Waals surface area contributed by atoms with Crippen LogP contribution in [0.2, 0.25) is 15.1 Å². The monoisotopic (exact) mass is 707 g/mol. The lowest BCUT2D eigenvalue weighted by atomic mass is 10.1. The summed E-state index contributed by atoms with van der Waals surface area (Å²) in [5, 5.41) is 8.29. The van der Waals surface area contributed by atoms with E-state index in [1.165, 1.54) is 12.3 Å². The molecule has 0 bridgehead atoms. The molecule has 250 valence electrons. The van der Waals surface area contributed by atoms with Crippen LogP contribution in [0.5, 0.6) is 17.2 Å². The Hall–Kier alpha value is -4.50. The van der Waals surface area contributed by atoms with Gasteiger partial charge in [0.1, 0.15) is 18.4 Å². The van der Waals surface area contributed by atoms with E-state index in [1.807, 2.05) is 67.6 Å². The predicted octanol–water partition coefficient (Wildman–Crippen LogP) is 8.00. The summed E-state index contributed by atoms with van der Waals surface area (Å²) in [5.74, 6) is 0.348. The zero-order valence-corrected chi connectivity index (χ0v) is 28.8. The second kappa shape index (κ2) is 18.2. The van der Waals surface area contributed by atoms with E-state index in [0.29, 0.717) is 45.9 Å². The number of nitrogens with zero attached hydrogens (tertiary/aromatic N) is 1. The second-order valence-electron chi connectivity index (χ2n) is 10.6. The van der Waals surface area contributed by atoms with Crippen molar-refractivity contribution >= 4 is 52.8 Å². The topological polar surface area (TPSA) is 98.3 Å². The fourth-order valence-electron chi connectivity index (χ4n) is 4.67. The summed E-state index contributed by atoms with van der Waals surface area (Å²) in [6.07, 6.45) is 3.02. The summed E-state index contributed by atoms with van der Waals surface area (Å²) in [4.78, 5) is 26.6. The van der Waals surface area contributed by atoms with Crippen LogP contribution in [0.15, 0.2) is 103 Å². The number of hydrazone groups is 1. The minimum absolute atomic E-state index is 0.220. The van der Waals surface area contributed by atoms with Crippen LogP contribution in [0.3, 0.4) is 0 Å². The number of carbonyl (C=O) groups is 2. The third kappa shape index (κ3) is 10.5. The maximum absolute atomic E-state index is 13.4. The van der Waals surface area contributed by atoms with Crippen LogP contribution in [0.4, 0.5) is 0 Å². The average Bonchev–Trinajstić information content (AvgIpc) is 3.06. The number of benzene rings is 4. The fourth-order valence-corrected chi connectivity index (χ4v) is 5.31. The zero-order chi connectivity index (χ0) is 34.5. The molecule has 0 aliphatic rings. The molecule has 0 radical (unpaired) electrons. The van der Waals surface area contributed by atoms with E-state index in [4.69, 9.17) is 49.0 Å². The average molecular weight is 709 g/mol. The van der Waals surface area contributed by atoms with Gasteiger partial charge in [0, 0.05) is 27.6 Å². The van der Waals surface area contributed by atoms with Crippen LogP contribution < -0.4 is 25.0 Å². The van der Waals surface area contributed by atoms with E-state index >= 15 is 0 Å². The highest BCUT2D eigenvalue weighted by molar-refractivity contribution is 6.35. The Balaban J connectivity index is 1.50. The number of allylic oxidation sites excluding steroid dienone is 1. The largest absolute Gasteiger partial charge is 0.490 e. The maximum atomic E-state index is 13.4. The number of ether oxygens (including phenoxy) is 3. The molecule has 8 nitrogen and oxygen atoms in total. The molecule has 48 heavy (non-hydrogen) atoms. The van der Waals surface area contributed by atoms with Gasteiger partial charge >= 0.3 is 0 Å². The summed E-state index contributed by atoms with van der Waals surface area (Å²) in [6, 6.07) is 24.2. The lowest BCUT2D eigenvalue weighted by molar-refractivity contribution is -0.132. The van der Waals surface area contributed by atoms with Gasteiger partial charge in [0.05, 0.1) is 17.8 Å². The molecule has 0 aliphatic heterocycles. The molecule has 0 aliphatic carbocycles. The van der Waals surface area contributed by atoms with Crippen LogP contribution in [0.25, 0.3) is 0 Å². The van der Waals surface area contributed by atoms with Crippen molar-refractivity contribution in [2.75, 3.05) is 6.61 Å². The van der Waals surface area contributed by atoms with E-state index < -0.39 is 24.0 Å². The highest BCUT2D eigenvalue weighted by Crippen LogP contribution is 2.35. The highest BCUT2D eigenvalue weighted by Gasteiger charge is 2.25. The third-order valence-electron chi connectivity index (χ3n) is 7.02. The first kappa shape index (κ1) is 36.3. The standard InChI is InChI=1S/C37H36Cl3N3O5/c1-4-11-27-18-26(20-34(46-5-2)35(27)47-23-28-14-9-10-15-30(28)39)22-41-43-37(45)32(19-25-12-7-6-8-13-25)42-36(44)24(3)48-33-17-16-29(38)21-31(33)40/h4,6-10,12-18,20-22,24,32H,1,5,11,19,23H2,2-3H3,(H,42,44)(H,43,45)/b41-22-/t24-,32-/m0/s1. The van der Waals surface area contributed by atoms with E-state index in [9.17, 15) is 9.59 Å². The Morgan fingerprint density at radius 1 is 0.875 bits per heavy atom. The van der Waals surface area contributed by atoms with Crippen LogP contribution in [0.1, 0.15) is 36.1 Å². The van der Waals surface area contributed by atoms with Crippen molar-refractivity contribution in [1.29, 1.82) is 0 Å². The number of hydrogen-bond acceptors (Lipinski definition) is 6. The van der Waals surface area contributed by atoms with Crippen LogP contribution >= 0.6 is 34.8 Å². The Labute approximate surface area is 295 Å². The van der Waals surface area contributed by atoms with Crippen LogP contribution in [0, 0.1) is 0 Å². The number of nitrogens with one attached hydrogen (secondary N) is 2. The minimum Gasteiger partial charge on any atom is -0.490 e. The SMILES string of the molecule is C=CCc1cc(/C=N\NC(=O)[C@H](Cc2ccccc2)NC(=O)[C@H](C)Oc2ccc(Cl)cc2Cl)cc(OCC)c1OCc1ccccc1Cl. The van der Waals surface area contributed by atoms with Gasteiger partial charge in [0.25, 0.3) is 11.8 Å². The van der Waals surface area contributed by atoms with Gasteiger partial charge in [-0.15, -0.1) is 6.58 Å². The molecule has 2 N–H and O–H groups in total. The molecule has 11 heteroatoms. The summed E-state index contributed by atoms with van der Waals surface area (Å²) in [6.45, 7) is 7.97. The first-order chi connectivity index (χ1) is 23.2. The van der Waals surface area contributed by atoms with Crippen molar-refractivity contribution in [3.63, 3.8) is 0 Å². The zero-order valence-electron chi connectivity index (χ0n) is 26.6. The summed E-state index contributed by atoms with van der Waals surface area (Å²) < 4.78 is 17.9. The molecule has 0 spiro atoms. The molecule has 0 saturated carbocycles. The second-order valence-corrected chi connectivity index (χ2v) is 11.9. The van der Waals surface area contributed by atoms with E-state index in [0.717, 1.165) is 16.7 Å². The van der Waals surface area contributed by atoms with Gasteiger partial charge in [0.15, 0.2) is 17.6 Å². The van der Waals surface area contributed by atoms with Gasteiger partial charge in [-0.05, 0) is 67.8 Å². The number of amides is 2. The molecule has 4 aromatic rings. The van der Waals surface area contributed by atoms with E-state index in [2.05, 4.69) is 22.4 Å². The quantitative estimate of drug-likeness (QED) is 0.0699. The number of halogens is 3. The van der Waals surface area contributed by atoms with Gasteiger partial charge < -0.3 is 19.5 Å². The summed E-state index contributed by atoms with van der Waals surface area (Å²) >= 11 is 18.5. The first-order valence-corrected chi connectivity index (χ1v) is 16.4. The molecule has 2 amide bonds. The van der Waals surface area contributed by atoms with E-state index in [-0.39, 0.29) is 18.1 Å². The molecule has 0 aromatic heterocycles. The molecule has 2 atom stereocenters. The van der Waals surface area contributed by atoms with Crippen molar-refractivity contribution in [1.82, 2.24) is 10.7 Å². The predicted molar refractivity (Wildman–Crippen MR) is 192 cm³/mol. The lowest BCUT2D eigenvalue weighted by Gasteiger charge is -2.21. The normalized spacial score (nSPS) is 12.2. The third-order valence-corrected chi connectivity index (χ3v) is 7.92. The molecule has 0 saturated heterocycles. The van der Waals surface area contributed by atoms with Gasteiger partial charge in [-0.2, -0.15) is 5.10 Å². The molecular formula is C37H36Cl3N3O5. The fraction of sp³-hybridized carbons (Fsp3) is 0.216. The van der Waals surface area contributed by atoms with Crippen LogP contribution in [-0.4, -0.2) is 36.8 Å². The Morgan fingerprint density at radius 3 is 2.33 bits per heavy atom. The smallest absolute Gasteiger partial charge is 0.262 e.